The Kier molecular flexibility index (Phi) is 8.46. The van der Waals surface area contributed by atoms with Crippen molar-refractivity contribution in [3.05, 3.63) is 0 Å². The number of nitrogens with two attached hydrogens (primary N) is 1. The molecule has 0 aromatic rings. The Morgan fingerprint density at radius 3 is 1.81 bits per heavy atom. The van der Waals surface area contributed by atoms with Crippen molar-refractivity contribution in [2.45, 2.75) is 37.8 Å². The molecule has 10 heteroatoms. The van der Waals surface area contributed by atoms with Crippen molar-refractivity contribution in [3.8, 4) is 0 Å². The summed E-state index contributed by atoms with van der Waals surface area (Å²) in [7, 11) is 0. The highest BCUT2D eigenvalue weighted by Gasteiger charge is 2.24. The van der Waals surface area contributed by atoms with Crippen molar-refractivity contribution in [3.63, 3.8) is 0 Å². The number of aliphatic hydroxyl groups is 1. The van der Waals surface area contributed by atoms with E-state index in [0.717, 1.165) is 0 Å². The molecule has 0 aliphatic heterocycles. The minimum Gasteiger partial charge on any atom is -0.480 e. The Morgan fingerprint density at radius 1 is 0.952 bits per heavy atom. The molecule has 3 amide bonds. The molecule has 0 fully saturated rings. The highest BCUT2D eigenvalue weighted by Crippen LogP contribution is 2.00. The van der Waals surface area contributed by atoms with Crippen LogP contribution < -0.4 is 16.4 Å². The second-order valence-electron chi connectivity index (χ2n) is 4.27. The summed E-state index contributed by atoms with van der Waals surface area (Å²) in [4.78, 5) is 43.9. The number of amides is 3. The van der Waals surface area contributed by atoms with E-state index < -0.39 is 36.0 Å². The van der Waals surface area contributed by atoms with E-state index >= 15 is 0 Å². The average Bonchev–Trinajstić information content (AvgIpc) is 2.38. The van der Waals surface area contributed by atoms with Crippen LogP contribution in [0.3, 0.4) is 0 Å². The SMILES string of the molecule is NC(=O)CCC(NC(=O)NC(CCCO)C(=O)O)C(=O)O. The maximum atomic E-state index is 11.6. The number of carboxylic acid groups (broad SMARTS) is 2. The van der Waals surface area contributed by atoms with E-state index in [0.29, 0.717) is 0 Å². The fourth-order valence-corrected chi connectivity index (χ4v) is 1.45. The molecule has 0 aliphatic rings. The topological polar surface area (TPSA) is 179 Å². The van der Waals surface area contributed by atoms with Crippen LogP contribution in [0.1, 0.15) is 25.7 Å². The van der Waals surface area contributed by atoms with Crippen LogP contribution >= 0.6 is 0 Å². The molecule has 0 aliphatic carbocycles. The zero-order chi connectivity index (χ0) is 16.4. The van der Waals surface area contributed by atoms with Gasteiger partial charge in [0.2, 0.25) is 5.91 Å². The number of aliphatic carboxylic acids is 2. The van der Waals surface area contributed by atoms with Gasteiger partial charge in [-0.3, -0.25) is 4.79 Å². The highest BCUT2D eigenvalue weighted by molar-refractivity contribution is 5.86. The third kappa shape index (κ3) is 8.42. The van der Waals surface area contributed by atoms with E-state index in [4.69, 9.17) is 21.1 Å². The summed E-state index contributed by atoms with van der Waals surface area (Å²) >= 11 is 0. The van der Waals surface area contributed by atoms with Crippen molar-refractivity contribution < 1.29 is 34.5 Å². The number of carbonyl (C=O) groups is 4. The normalized spacial score (nSPS) is 13.0. The van der Waals surface area contributed by atoms with E-state index in [2.05, 4.69) is 10.6 Å². The summed E-state index contributed by atoms with van der Waals surface area (Å²) in [6, 6.07) is -3.59. The van der Waals surface area contributed by atoms with Gasteiger partial charge in [0.1, 0.15) is 12.1 Å². The van der Waals surface area contributed by atoms with E-state index in [1.165, 1.54) is 0 Å². The molecule has 0 heterocycles. The molecule has 0 saturated carbocycles. The molecule has 0 aromatic heterocycles. The Balaban J connectivity index is 4.49. The molecule has 10 nitrogen and oxygen atoms in total. The lowest BCUT2D eigenvalue weighted by Gasteiger charge is -2.18. The molecule has 0 radical (unpaired) electrons. The first kappa shape index (κ1) is 18.6. The number of hydrogen-bond donors (Lipinski definition) is 6. The number of nitrogens with one attached hydrogen (secondary N) is 2. The van der Waals surface area contributed by atoms with Gasteiger partial charge in [-0.1, -0.05) is 0 Å². The first-order chi connectivity index (χ1) is 9.77. The summed E-state index contributed by atoms with van der Waals surface area (Å²) in [5, 5.41) is 30.5. The molecule has 120 valence electrons. The Labute approximate surface area is 120 Å². The summed E-state index contributed by atoms with van der Waals surface area (Å²) in [5.41, 5.74) is 4.89. The van der Waals surface area contributed by atoms with Gasteiger partial charge in [-0.25, -0.2) is 14.4 Å². The largest absolute Gasteiger partial charge is 0.480 e. The van der Waals surface area contributed by atoms with Crippen LogP contribution in [0.2, 0.25) is 0 Å². The Bertz CT molecular complexity index is 399. The first-order valence-electron chi connectivity index (χ1n) is 6.19. The second-order valence-corrected chi connectivity index (χ2v) is 4.27. The molecular weight excluding hydrogens is 286 g/mol. The number of rotatable bonds is 10. The van der Waals surface area contributed by atoms with Crippen LogP contribution in [0.4, 0.5) is 4.79 Å². The third-order valence-corrected chi connectivity index (χ3v) is 2.54. The zero-order valence-electron chi connectivity index (χ0n) is 11.2. The minimum absolute atomic E-state index is 0.00171. The zero-order valence-corrected chi connectivity index (χ0v) is 11.2. The standard InChI is InChI=1S/C11H19N3O7/c12-8(16)4-3-7(10(19)20)14-11(21)13-6(9(17)18)2-1-5-15/h6-7,15H,1-5H2,(H2,12,16)(H,17,18)(H,19,20)(H2,13,14,21). The average molecular weight is 305 g/mol. The number of primary amides is 1. The molecular formula is C11H19N3O7. The second kappa shape index (κ2) is 9.53. The number of carboxylic acids is 2. The predicted molar refractivity (Wildman–Crippen MR) is 69.3 cm³/mol. The van der Waals surface area contributed by atoms with Crippen molar-refractivity contribution in [2.24, 2.45) is 5.73 Å². The number of urea groups is 1. The van der Waals surface area contributed by atoms with Crippen molar-refractivity contribution >= 4 is 23.9 Å². The van der Waals surface area contributed by atoms with Crippen molar-refractivity contribution in [1.82, 2.24) is 10.6 Å². The minimum atomic E-state index is -1.37. The molecule has 0 aromatic carbocycles. The van der Waals surface area contributed by atoms with Gasteiger partial charge in [-0.15, -0.1) is 0 Å². The predicted octanol–water partition coefficient (Wildman–Crippen LogP) is -1.77. The van der Waals surface area contributed by atoms with Crippen LogP contribution in [-0.4, -0.2) is 57.9 Å². The van der Waals surface area contributed by atoms with Crippen molar-refractivity contribution in [2.75, 3.05) is 6.61 Å². The monoisotopic (exact) mass is 305 g/mol. The van der Waals surface area contributed by atoms with E-state index in [1.54, 1.807) is 0 Å². The molecule has 2 unspecified atom stereocenters. The molecule has 7 N–H and O–H groups in total. The van der Waals surface area contributed by atoms with Gasteiger partial charge >= 0.3 is 18.0 Å². The van der Waals surface area contributed by atoms with Gasteiger partial charge in [0.15, 0.2) is 0 Å². The maximum absolute atomic E-state index is 11.6. The van der Waals surface area contributed by atoms with Crippen LogP contribution in [0.15, 0.2) is 0 Å². The lowest BCUT2D eigenvalue weighted by atomic mass is 10.1. The van der Waals surface area contributed by atoms with E-state index in [9.17, 15) is 19.2 Å². The summed E-state index contributed by atoms with van der Waals surface area (Å²) in [5.74, 6) is -3.38. The van der Waals surface area contributed by atoms with Crippen LogP contribution in [0, 0.1) is 0 Å². The number of carbonyl (C=O) groups excluding carboxylic acids is 2. The molecule has 21 heavy (non-hydrogen) atoms. The van der Waals surface area contributed by atoms with Gasteiger partial charge in [0, 0.05) is 13.0 Å². The number of hydrogen-bond acceptors (Lipinski definition) is 5. The summed E-state index contributed by atoms with van der Waals surface area (Å²) in [6.45, 7) is -0.233. The molecule has 0 rings (SSSR count). The van der Waals surface area contributed by atoms with Crippen LogP contribution in [-0.2, 0) is 14.4 Å². The third-order valence-electron chi connectivity index (χ3n) is 2.54. The van der Waals surface area contributed by atoms with Gasteiger partial charge in [0.25, 0.3) is 0 Å². The quantitative estimate of drug-likeness (QED) is 0.276. The van der Waals surface area contributed by atoms with Gasteiger partial charge in [-0.2, -0.15) is 0 Å². The molecule has 0 bridgehead atoms. The Hall–Kier alpha value is -2.36. The smallest absolute Gasteiger partial charge is 0.326 e. The van der Waals surface area contributed by atoms with Crippen LogP contribution in [0.5, 0.6) is 0 Å². The van der Waals surface area contributed by atoms with Gasteiger partial charge in [-0.05, 0) is 19.3 Å². The molecule has 0 spiro atoms. The number of aliphatic hydroxyl groups excluding tert-OH is 1. The van der Waals surface area contributed by atoms with Gasteiger partial charge < -0.3 is 31.7 Å². The molecule has 0 saturated heterocycles. The van der Waals surface area contributed by atoms with Crippen molar-refractivity contribution in [1.29, 1.82) is 0 Å². The van der Waals surface area contributed by atoms with Crippen LogP contribution in [0.25, 0.3) is 0 Å². The fourth-order valence-electron chi connectivity index (χ4n) is 1.45. The van der Waals surface area contributed by atoms with E-state index in [1.807, 2.05) is 0 Å². The lowest BCUT2D eigenvalue weighted by molar-refractivity contribution is -0.139. The summed E-state index contributed by atoms with van der Waals surface area (Å²) < 4.78 is 0. The lowest BCUT2D eigenvalue weighted by Crippen LogP contribution is -2.51. The first-order valence-corrected chi connectivity index (χ1v) is 6.19. The van der Waals surface area contributed by atoms with E-state index in [-0.39, 0.29) is 32.3 Å². The summed E-state index contributed by atoms with van der Waals surface area (Å²) in [6.07, 6.45) is -0.268. The molecule has 2 atom stereocenters. The maximum Gasteiger partial charge on any atom is 0.326 e. The fraction of sp³-hybridized carbons (Fsp3) is 0.636. The van der Waals surface area contributed by atoms with Gasteiger partial charge in [0.05, 0.1) is 0 Å². The highest BCUT2D eigenvalue weighted by atomic mass is 16.4. The Morgan fingerprint density at radius 2 is 1.43 bits per heavy atom.